The van der Waals surface area contributed by atoms with E-state index in [-0.39, 0.29) is 18.4 Å². The highest BCUT2D eigenvalue weighted by atomic mass is 32.2. The number of nitrogens with two attached hydrogens (primary N) is 1. The molecule has 0 aliphatic heterocycles. The molecule has 1 aromatic carbocycles. The summed E-state index contributed by atoms with van der Waals surface area (Å²) in [6.45, 7) is 6.26. The maximum atomic E-state index is 11.5. The van der Waals surface area contributed by atoms with Crippen molar-refractivity contribution in [1.82, 2.24) is 4.72 Å². The molecule has 0 fully saturated rings. The summed E-state index contributed by atoms with van der Waals surface area (Å²) in [5.41, 5.74) is 7.15. The second-order valence-corrected chi connectivity index (χ2v) is 6.55. The third-order valence-electron chi connectivity index (χ3n) is 2.48. The van der Waals surface area contributed by atoms with Crippen LogP contribution in [0.15, 0.2) is 18.2 Å². The van der Waals surface area contributed by atoms with Crippen molar-refractivity contribution >= 4 is 21.4 Å². The Morgan fingerprint density at radius 2 is 2.05 bits per heavy atom. The van der Waals surface area contributed by atoms with Gasteiger partial charge in [0.2, 0.25) is 10.0 Å². The first-order valence-corrected chi connectivity index (χ1v) is 8.27. The normalized spacial score (nSPS) is 11.6. The van der Waals surface area contributed by atoms with Crippen LogP contribution in [0.5, 0.6) is 5.75 Å². The zero-order valence-electron chi connectivity index (χ0n) is 12.1. The van der Waals surface area contributed by atoms with E-state index in [2.05, 4.69) is 10.0 Å². The quantitative estimate of drug-likeness (QED) is 0.631. The Morgan fingerprint density at radius 1 is 1.35 bits per heavy atom. The molecule has 0 amide bonds. The molecular weight excluding hydrogens is 278 g/mol. The first-order chi connectivity index (χ1) is 9.35. The molecule has 114 valence electrons. The number of hydrogen-bond donors (Lipinski definition) is 3. The Balaban J connectivity index is 2.65. The van der Waals surface area contributed by atoms with Crippen molar-refractivity contribution in [2.45, 2.75) is 26.9 Å². The van der Waals surface area contributed by atoms with Crippen LogP contribution in [-0.2, 0) is 10.0 Å². The minimum absolute atomic E-state index is 0.00442. The maximum absolute atomic E-state index is 11.5. The van der Waals surface area contributed by atoms with E-state index in [1.54, 1.807) is 19.1 Å². The van der Waals surface area contributed by atoms with Crippen LogP contribution in [0.4, 0.5) is 11.4 Å². The molecule has 0 atom stereocenters. The van der Waals surface area contributed by atoms with Crippen LogP contribution in [0.25, 0.3) is 0 Å². The number of nitrogens with one attached hydrogen (secondary N) is 2. The van der Waals surface area contributed by atoms with Crippen LogP contribution in [0.2, 0.25) is 0 Å². The lowest BCUT2D eigenvalue weighted by Crippen LogP contribution is -2.29. The third kappa shape index (κ3) is 5.26. The highest BCUT2D eigenvalue weighted by Gasteiger charge is 2.10. The Labute approximate surface area is 120 Å². The molecule has 20 heavy (non-hydrogen) atoms. The molecule has 0 spiro atoms. The minimum atomic E-state index is -3.23. The number of sulfonamides is 1. The number of para-hydroxylation sites is 1. The molecule has 0 saturated heterocycles. The zero-order chi connectivity index (χ0) is 15.2. The number of benzene rings is 1. The van der Waals surface area contributed by atoms with Crippen LogP contribution in [0.1, 0.15) is 20.8 Å². The lowest BCUT2D eigenvalue weighted by atomic mass is 10.2. The summed E-state index contributed by atoms with van der Waals surface area (Å²) in [5.74, 6) is 0.592. The van der Waals surface area contributed by atoms with Crippen LogP contribution in [0, 0.1) is 0 Å². The average Bonchev–Trinajstić information content (AvgIpc) is 2.33. The summed E-state index contributed by atoms with van der Waals surface area (Å²) in [4.78, 5) is 0. The van der Waals surface area contributed by atoms with E-state index < -0.39 is 10.0 Å². The summed E-state index contributed by atoms with van der Waals surface area (Å²) in [7, 11) is -3.23. The van der Waals surface area contributed by atoms with Gasteiger partial charge in [0.05, 0.1) is 23.2 Å². The second-order valence-electron chi connectivity index (χ2n) is 4.63. The number of rotatable bonds is 8. The van der Waals surface area contributed by atoms with Gasteiger partial charge >= 0.3 is 0 Å². The van der Waals surface area contributed by atoms with Gasteiger partial charge in [0.15, 0.2) is 0 Å². The fraction of sp³-hybridized carbons (Fsp3) is 0.538. The van der Waals surface area contributed by atoms with Crippen LogP contribution < -0.4 is 20.5 Å². The second kappa shape index (κ2) is 7.35. The SMILES string of the molecule is CCNS(=O)(=O)CCNc1cccc(OC(C)C)c1N. The van der Waals surface area contributed by atoms with Gasteiger partial charge in [-0.3, -0.25) is 0 Å². The molecule has 1 rings (SSSR count). The van der Waals surface area contributed by atoms with Crippen molar-refractivity contribution in [2.75, 3.05) is 29.9 Å². The smallest absolute Gasteiger partial charge is 0.213 e. The molecular formula is C13H23N3O3S. The predicted molar refractivity (Wildman–Crippen MR) is 82.6 cm³/mol. The Kier molecular flexibility index (Phi) is 6.09. The van der Waals surface area contributed by atoms with Crippen LogP contribution >= 0.6 is 0 Å². The largest absolute Gasteiger partial charge is 0.489 e. The highest BCUT2D eigenvalue weighted by molar-refractivity contribution is 7.89. The van der Waals surface area contributed by atoms with E-state index in [4.69, 9.17) is 10.5 Å². The third-order valence-corrected chi connectivity index (χ3v) is 3.95. The van der Waals surface area contributed by atoms with Crippen molar-refractivity contribution in [3.05, 3.63) is 18.2 Å². The number of ether oxygens (including phenoxy) is 1. The summed E-state index contributed by atoms with van der Waals surface area (Å²) in [6, 6.07) is 5.40. The first-order valence-electron chi connectivity index (χ1n) is 6.62. The average molecular weight is 301 g/mol. The van der Waals surface area contributed by atoms with Gasteiger partial charge in [-0.15, -0.1) is 0 Å². The van der Waals surface area contributed by atoms with E-state index >= 15 is 0 Å². The topological polar surface area (TPSA) is 93.5 Å². The number of nitrogen functional groups attached to an aromatic ring is 1. The highest BCUT2D eigenvalue weighted by Crippen LogP contribution is 2.29. The van der Waals surface area contributed by atoms with Gasteiger partial charge in [-0.1, -0.05) is 13.0 Å². The molecule has 0 aliphatic carbocycles. The molecule has 0 aromatic heterocycles. The summed E-state index contributed by atoms with van der Waals surface area (Å²) in [5, 5.41) is 3.02. The molecule has 0 unspecified atom stereocenters. The van der Waals surface area contributed by atoms with E-state index in [0.717, 1.165) is 0 Å². The van der Waals surface area contributed by atoms with Gasteiger partial charge in [0.1, 0.15) is 5.75 Å². The fourth-order valence-corrected chi connectivity index (χ4v) is 2.62. The Hall–Kier alpha value is -1.47. The zero-order valence-corrected chi connectivity index (χ0v) is 13.0. The summed E-state index contributed by atoms with van der Waals surface area (Å²) < 4.78 is 31.0. The predicted octanol–water partition coefficient (Wildman–Crippen LogP) is 1.41. The van der Waals surface area contributed by atoms with Crippen LogP contribution in [-0.4, -0.2) is 33.4 Å². The fourth-order valence-electron chi connectivity index (χ4n) is 1.67. The number of anilines is 2. The summed E-state index contributed by atoms with van der Waals surface area (Å²) >= 11 is 0. The minimum Gasteiger partial charge on any atom is -0.489 e. The van der Waals surface area contributed by atoms with Gasteiger partial charge in [-0.05, 0) is 26.0 Å². The molecule has 0 bridgehead atoms. The molecule has 4 N–H and O–H groups in total. The molecule has 7 heteroatoms. The monoisotopic (exact) mass is 301 g/mol. The van der Waals surface area contributed by atoms with E-state index in [0.29, 0.717) is 23.7 Å². The van der Waals surface area contributed by atoms with Crippen molar-refractivity contribution in [1.29, 1.82) is 0 Å². The van der Waals surface area contributed by atoms with E-state index in [9.17, 15) is 8.42 Å². The van der Waals surface area contributed by atoms with Crippen molar-refractivity contribution in [3.8, 4) is 5.75 Å². The van der Waals surface area contributed by atoms with Gasteiger partial charge < -0.3 is 15.8 Å². The lowest BCUT2D eigenvalue weighted by molar-refractivity contribution is 0.244. The maximum Gasteiger partial charge on any atom is 0.213 e. The Bertz CT molecular complexity index is 530. The van der Waals surface area contributed by atoms with Crippen molar-refractivity contribution in [2.24, 2.45) is 0 Å². The van der Waals surface area contributed by atoms with Gasteiger partial charge in [-0.2, -0.15) is 0 Å². The lowest BCUT2D eigenvalue weighted by Gasteiger charge is -2.15. The van der Waals surface area contributed by atoms with Gasteiger partial charge in [0, 0.05) is 13.1 Å². The molecule has 0 saturated carbocycles. The molecule has 6 nitrogen and oxygen atoms in total. The van der Waals surface area contributed by atoms with Crippen molar-refractivity contribution in [3.63, 3.8) is 0 Å². The molecule has 1 aromatic rings. The van der Waals surface area contributed by atoms with Gasteiger partial charge in [0.25, 0.3) is 0 Å². The number of hydrogen-bond acceptors (Lipinski definition) is 5. The molecule has 0 aliphatic rings. The van der Waals surface area contributed by atoms with Gasteiger partial charge in [-0.25, -0.2) is 13.1 Å². The van der Waals surface area contributed by atoms with Crippen LogP contribution in [0.3, 0.4) is 0 Å². The Morgan fingerprint density at radius 3 is 2.65 bits per heavy atom. The molecule has 0 radical (unpaired) electrons. The van der Waals surface area contributed by atoms with E-state index in [1.807, 2.05) is 19.9 Å². The standard InChI is InChI=1S/C13H23N3O3S/c1-4-16-20(17,18)9-8-15-11-6-5-7-12(13(11)14)19-10(2)3/h5-7,10,15-16H,4,8-9,14H2,1-3H3. The van der Waals surface area contributed by atoms with Crippen molar-refractivity contribution < 1.29 is 13.2 Å². The van der Waals surface area contributed by atoms with E-state index in [1.165, 1.54) is 0 Å². The first kappa shape index (κ1) is 16.6. The summed E-state index contributed by atoms with van der Waals surface area (Å²) in [6.07, 6.45) is 0.0293. The molecule has 0 heterocycles.